The maximum absolute atomic E-state index is 10.7. The summed E-state index contributed by atoms with van der Waals surface area (Å²) in [6.07, 6.45) is 0. The van der Waals surface area contributed by atoms with Crippen LogP contribution in [0.3, 0.4) is 0 Å². The molecule has 0 aliphatic carbocycles. The summed E-state index contributed by atoms with van der Waals surface area (Å²) in [5.74, 6) is 0.0732. The zero-order chi connectivity index (χ0) is 7.49. The van der Waals surface area contributed by atoms with Crippen molar-refractivity contribution in [3.63, 3.8) is 0 Å². The minimum atomic E-state index is 0. The van der Waals surface area contributed by atoms with Gasteiger partial charge in [-0.1, -0.05) is 0 Å². The highest BCUT2D eigenvalue weighted by Crippen LogP contribution is 1.94. The molecule has 0 aromatic carbocycles. The first kappa shape index (κ1) is 12.6. The van der Waals surface area contributed by atoms with E-state index in [1.807, 2.05) is 0 Å². The molecule has 0 fully saturated rings. The highest BCUT2D eigenvalue weighted by atomic mass is 32.1. The standard InChI is InChI=1S/C6H14NO2.H2S/c1-6(9)7(2,3)4-5-8;/h8H,4-5H2,1-3H3;1H2/q+1;/p-1. The molecule has 0 aliphatic heterocycles. The van der Waals surface area contributed by atoms with Gasteiger partial charge in [-0.2, -0.15) is 0 Å². The molecule has 62 valence electrons. The topological polar surface area (TPSA) is 37.3 Å². The first-order valence-electron chi connectivity index (χ1n) is 2.95. The molecular formula is C6H15NO2S. The number of hydrogen-bond acceptors (Lipinski definition) is 3. The van der Waals surface area contributed by atoms with Gasteiger partial charge in [0, 0.05) is 0 Å². The number of thiol groups is 1. The zero-order valence-electron chi connectivity index (χ0n) is 6.66. The second-order valence-electron chi connectivity index (χ2n) is 2.65. The highest BCUT2D eigenvalue weighted by Gasteiger charge is 2.19. The number of carbonyl (C=O) groups excluding carboxylic acids is 1. The summed E-state index contributed by atoms with van der Waals surface area (Å²) in [5.41, 5.74) is 0. The van der Waals surface area contributed by atoms with Gasteiger partial charge in [-0.05, 0) is 0 Å². The van der Waals surface area contributed by atoms with Gasteiger partial charge in [0.2, 0.25) is 0 Å². The summed E-state index contributed by atoms with van der Waals surface area (Å²) < 4.78 is 0.260. The van der Waals surface area contributed by atoms with Crippen molar-refractivity contribution in [1.82, 2.24) is 0 Å². The molecule has 1 N–H and O–H groups in total. The second-order valence-corrected chi connectivity index (χ2v) is 2.65. The van der Waals surface area contributed by atoms with Gasteiger partial charge in [-0.3, -0.25) is 4.48 Å². The van der Waals surface area contributed by atoms with Crippen LogP contribution < -0.4 is 0 Å². The number of hydrogen-bond donors (Lipinski definition) is 1. The molecule has 4 heteroatoms. The van der Waals surface area contributed by atoms with Crippen LogP contribution in [0, 0.1) is 0 Å². The summed E-state index contributed by atoms with van der Waals surface area (Å²) in [4.78, 5) is 10.7. The van der Waals surface area contributed by atoms with Crippen molar-refractivity contribution >= 4 is 19.4 Å². The fraction of sp³-hybridized carbons (Fsp3) is 0.833. The van der Waals surface area contributed by atoms with Crippen LogP contribution in [-0.2, 0) is 18.3 Å². The number of aliphatic hydroxyl groups excluding tert-OH is 1. The van der Waals surface area contributed by atoms with E-state index in [2.05, 4.69) is 0 Å². The predicted molar refractivity (Wildman–Crippen MR) is 43.5 cm³/mol. The lowest BCUT2D eigenvalue weighted by Crippen LogP contribution is -2.45. The van der Waals surface area contributed by atoms with Gasteiger partial charge in [0.15, 0.2) is 0 Å². The molecular weight excluding hydrogens is 150 g/mol. The summed E-state index contributed by atoms with van der Waals surface area (Å²) in [7, 11) is 3.55. The van der Waals surface area contributed by atoms with E-state index in [4.69, 9.17) is 5.11 Å². The Balaban J connectivity index is 0. The average Bonchev–Trinajstić information content (AvgIpc) is 1.65. The first-order valence-corrected chi connectivity index (χ1v) is 2.95. The Morgan fingerprint density at radius 3 is 2.00 bits per heavy atom. The smallest absolute Gasteiger partial charge is 0.310 e. The maximum atomic E-state index is 10.7. The van der Waals surface area contributed by atoms with Crippen LogP contribution in [0.15, 0.2) is 0 Å². The first-order chi connectivity index (χ1) is 4.00. The Labute approximate surface area is 68.7 Å². The molecule has 3 nitrogen and oxygen atoms in total. The van der Waals surface area contributed by atoms with Crippen LogP contribution in [0.1, 0.15) is 6.92 Å². The van der Waals surface area contributed by atoms with Crippen LogP contribution in [0.4, 0.5) is 0 Å². The fourth-order valence-electron chi connectivity index (χ4n) is 0.407. The number of amides is 1. The lowest BCUT2D eigenvalue weighted by Gasteiger charge is -2.23. The summed E-state index contributed by atoms with van der Waals surface area (Å²) in [6, 6.07) is 0. The van der Waals surface area contributed by atoms with E-state index in [0.29, 0.717) is 6.54 Å². The minimum Gasteiger partial charge on any atom is -0.813 e. The molecule has 0 spiro atoms. The normalized spacial score (nSPS) is 10.4. The second kappa shape index (κ2) is 4.71. The molecule has 0 aliphatic rings. The van der Waals surface area contributed by atoms with Crippen molar-refractivity contribution in [2.45, 2.75) is 6.92 Å². The van der Waals surface area contributed by atoms with Gasteiger partial charge in [-0.25, -0.2) is 4.79 Å². The van der Waals surface area contributed by atoms with E-state index in [1.54, 1.807) is 14.1 Å². The maximum Gasteiger partial charge on any atom is 0.310 e. The summed E-state index contributed by atoms with van der Waals surface area (Å²) >= 11 is 0. The van der Waals surface area contributed by atoms with Crippen molar-refractivity contribution in [3.8, 4) is 0 Å². The molecule has 0 heterocycles. The molecule has 0 aromatic rings. The molecule has 0 bridgehead atoms. The van der Waals surface area contributed by atoms with E-state index in [-0.39, 0.29) is 30.5 Å². The molecule has 0 atom stereocenters. The van der Waals surface area contributed by atoms with E-state index >= 15 is 0 Å². The number of quaternary nitrogens is 1. The predicted octanol–water partition coefficient (Wildman–Crippen LogP) is -0.669. The van der Waals surface area contributed by atoms with Gasteiger partial charge in [0.25, 0.3) is 0 Å². The third-order valence-electron chi connectivity index (χ3n) is 1.51. The van der Waals surface area contributed by atoms with Crippen molar-refractivity contribution in [2.24, 2.45) is 0 Å². The van der Waals surface area contributed by atoms with Crippen LogP contribution in [-0.4, -0.2) is 42.7 Å². The Hall–Kier alpha value is -0.0600. The van der Waals surface area contributed by atoms with Crippen molar-refractivity contribution < 1.29 is 14.4 Å². The van der Waals surface area contributed by atoms with Gasteiger partial charge in [0.1, 0.15) is 6.54 Å². The molecule has 0 saturated heterocycles. The summed E-state index contributed by atoms with van der Waals surface area (Å²) in [5, 5.41) is 8.48. The molecule has 0 rings (SSSR count). The Kier molecular flexibility index (Phi) is 5.93. The average molecular weight is 165 g/mol. The van der Waals surface area contributed by atoms with E-state index in [0.717, 1.165) is 0 Å². The number of aliphatic hydroxyl groups is 1. The lowest BCUT2D eigenvalue weighted by molar-refractivity contribution is -0.813. The summed E-state index contributed by atoms with van der Waals surface area (Å²) in [6.45, 7) is 2.08. The lowest BCUT2D eigenvalue weighted by atomic mass is 10.4. The minimum absolute atomic E-state index is 0. The highest BCUT2D eigenvalue weighted by molar-refractivity contribution is 7.37. The molecule has 1 amide bonds. The molecule has 0 aromatic heterocycles. The number of likely N-dealkylation sites (N-methyl/N-ethyl adjacent to an activating group) is 1. The van der Waals surface area contributed by atoms with E-state index in [9.17, 15) is 4.79 Å². The number of nitrogens with zero attached hydrogens (tertiary/aromatic N) is 1. The third kappa shape index (κ3) is 3.87. The van der Waals surface area contributed by atoms with Gasteiger partial charge in [0.05, 0.1) is 27.6 Å². The largest absolute Gasteiger partial charge is 0.813 e. The van der Waals surface area contributed by atoms with Crippen LogP contribution >= 0.6 is 0 Å². The van der Waals surface area contributed by atoms with Crippen LogP contribution in [0.25, 0.3) is 0 Å². The van der Waals surface area contributed by atoms with E-state index < -0.39 is 0 Å². The van der Waals surface area contributed by atoms with Gasteiger partial charge in [-0.15, -0.1) is 0 Å². The third-order valence-corrected chi connectivity index (χ3v) is 1.51. The van der Waals surface area contributed by atoms with Crippen LogP contribution in [0.5, 0.6) is 0 Å². The van der Waals surface area contributed by atoms with Gasteiger partial charge < -0.3 is 18.6 Å². The zero-order valence-corrected chi connectivity index (χ0v) is 7.56. The molecule has 0 saturated carbocycles. The van der Waals surface area contributed by atoms with Crippen molar-refractivity contribution in [2.75, 3.05) is 27.2 Å². The van der Waals surface area contributed by atoms with Gasteiger partial charge >= 0.3 is 5.91 Å². The van der Waals surface area contributed by atoms with Crippen molar-refractivity contribution in [1.29, 1.82) is 0 Å². The number of carbonyl (C=O) groups is 1. The SMILES string of the molecule is CC(=O)[N+](C)(C)CCO.[SH-]. The Morgan fingerprint density at radius 2 is 1.90 bits per heavy atom. The molecule has 10 heavy (non-hydrogen) atoms. The molecule has 0 unspecified atom stereocenters. The van der Waals surface area contributed by atoms with Crippen LogP contribution in [0.2, 0.25) is 0 Å². The van der Waals surface area contributed by atoms with E-state index in [1.165, 1.54) is 6.92 Å². The molecule has 0 radical (unpaired) electrons. The van der Waals surface area contributed by atoms with Crippen molar-refractivity contribution in [3.05, 3.63) is 0 Å². The monoisotopic (exact) mass is 165 g/mol. The quantitative estimate of drug-likeness (QED) is 0.335. The fourth-order valence-corrected chi connectivity index (χ4v) is 0.407. The Morgan fingerprint density at radius 1 is 1.50 bits per heavy atom. The number of rotatable bonds is 2. The Bertz CT molecular complexity index is 114.